The Balaban J connectivity index is 1.22. The van der Waals surface area contributed by atoms with Crippen LogP contribution in [0.1, 0.15) is 69.9 Å². The van der Waals surface area contributed by atoms with Gasteiger partial charge in [-0.1, -0.05) is 73.9 Å². The van der Waals surface area contributed by atoms with Crippen LogP contribution in [0.5, 0.6) is 5.75 Å². The van der Waals surface area contributed by atoms with E-state index in [1.807, 2.05) is 42.5 Å². The molecule has 0 aliphatic heterocycles. The van der Waals surface area contributed by atoms with E-state index < -0.39 is 5.97 Å². The maximum absolute atomic E-state index is 12.4. The fourth-order valence-electron chi connectivity index (χ4n) is 4.25. The number of rotatable bonds is 9. The fraction of sp³-hybridized carbons (Fsp3) is 0.276. The first-order chi connectivity index (χ1) is 16.6. The van der Waals surface area contributed by atoms with Gasteiger partial charge in [0.15, 0.2) is 24.8 Å². The quantitative estimate of drug-likeness (QED) is 0.302. The van der Waals surface area contributed by atoms with E-state index in [4.69, 9.17) is 9.47 Å². The molecule has 0 bridgehead atoms. The molecule has 0 N–H and O–H groups in total. The van der Waals surface area contributed by atoms with Gasteiger partial charge in [-0.05, 0) is 48.6 Å². The van der Waals surface area contributed by atoms with Crippen molar-refractivity contribution in [3.05, 3.63) is 101 Å². The molecule has 0 heterocycles. The van der Waals surface area contributed by atoms with Crippen LogP contribution >= 0.6 is 0 Å². The zero-order valence-corrected chi connectivity index (χ0v) is 19.1. The third-order valence-electron chi connectivity index (χ3n) is 6.18. The van der Waals surface area contributed by atoms with E-state index in [-0.39, 0.29) is 24.8 Å². The summed E-state index contributed by atoms with van der Waals surface area (Å²) in [5, 5.41) is 0. The SMILES string of the molecule is O=C(COc1ccc(C(=O)c2ccccc2)cc1)OCC(=O)c1ccc(C2CCCCC2)cc1. The van der Waals surface area contributed by atoms with Gasteiger partial charge in [0.25, 0.3) is 0 Å². The minimum Gasteiger partial charge on any atom is -0.482 e. The Labute approximate surface area is 199 Å². The van der Waals surface area contributed by atoms with E-state index in [0.29, 0.717) is 28.4 Å². The molecular weight excluding hydrogens is 428 g/mol. The Kier molecular flexibility index (Phi) is 7.87. The van der Waals surface area contributed by atoms with Crippen LogP contribution in [0.3, 0.4) is 0 Å². The highest BCUT2D eigenvalue weighted by Crippen LogP contribution is 2.32. The van der Waals surface area contributed by atoms with Crippen molar-refractivity contribution < 1.29 is 23.9 Å². The van der Waals surface area contributed by atoms with Gasteiger partial charge in [0.1, 0.15) is 5.75 Å². The molecule has 5 heteroatoms. The summed E-state index contributed by atoms with van der Waals surface area (Å²) in [7, 11) is 0. The highest BCUT2D eigenvalue weighted by atomic mass is 16.6. The van der Waals surface area contributed by atoms with E-state index in [1.54, 1.807) is 36.4 Å². The van der Waals surface area contributed by atoms with E-state index in [2.05, 4.69) is 0 Å². The number of hydrogen-bond acceptors (Lipinski definition) is 5. The molecule has 5 nitrogen and oxygen atoms in total. The van der Waals surface area contributed by atoms with Gasteiger partial charge in [-0.2, -0.15) is 0 Å². The van der Waals surface area contributed by atoms with Crippen LogP contribution in [0.25, 0.3) is 0 Å². The topological polar surface area (TPSA) is 69.7 Å². The molecule has 1 fully saturated rings. The minimum atomic E-state index is -0.628. The Morgan fingerprint density at radius 3 is 1.97 bits per heavy atom. The lowest BCUT2D eigenvalue weighted by molar-refractivity contribution is -0.144. The van der Waals surface area contributed by atoms with Gasteiger partial charge < -0.3 is 9.47 Å². The molecule has 1 aliphatic rings. The van der Waals surface area contributed by atoms with Crippen molar-refractivity contribution in [1.29, 1.82) is 0 Å². The van der Waals surface area contributed by atoms with Crippen molar-refractivity contribution in [1.82, 2.24) is 0 Å². The monoisotopic (exact) mass is 456 g/mol. The van der Waals surface area contributed by atoms with Gasteiger partial charge in [-0.15, -0.1) is 0 Å². The average molecular weight is 457 g/mol. The predicted molar refractivity (Wildman–Crippen MR) is 129 cm³/mol. The third kappa shape index (κ3) is 6.19. The lowest BCUT2D eigenvalue weighted by Gasteiger charge is -2.22. The molecule has 34 heavy (non-hydrogen) atoms. The number of esters is 1. The molecule has 0 amide bonds. The zero-order chi connectivity index (χ0) is 23.8. The highest BCUT2D eigenvalue weighted by Gasteiger charge is 2.16. The van der Waals surface area contributed by atoms with E-state index in [9.17, 15) is 14.4 Å². The van der Waals surface area contributed by atoms with Gasteiger partial charge in [-0.3, -0.25) is 9.59 Å². The molecule has 0 saturated heterocycles. The van der Waals surface area contributed by atoms with Crippen molar-refractivity contribution >= 4 is 17.5 Å². The molecule has 1 aliphatic carbocycles. The Hall–Kier alpha value is -3.73. The number of hydrogen-bond donors (Lipinski definition) is 0. The third-order valence-corrected chi connectivity index (χ3v) is 6.18. The molecule has 4 rings (SSSR count). The number of Topliss-reactive ketones (excluding diaryl/α,β-unsaturated/α-hetero) is 1. The first kappa shape index (κ1) is 23.4. The van der Waals surface area contributed by atoms with E-state index in [1.165, 1.54) is 37.7 Å². The standard InChI is InChI=1S/C29H28O5/c30-27(23-13-11-22(12-14-23)21-7-3-1-4-8-21)19-34-28(31)20-33-26-17-15-25(16-18-26)29(32)24-9-5-2-6-10-24/h2,5-6,9-18,21H,1,3-4,7-8,19-20H2. The maximum Gasteiger partial charge on any atom is 0.344 e. The lowest BCUT2D eigenvalue weighted by Crippen LogP contribution is -2.19. The summed E-state index contributed by atoms with van der Waals surface area (Å²) in [6.45, 7) is -0.643. The smallest absolute Gasteiger partial charge is 0.344 e. The van der Waals surface area contributed by atoms with Crippen LogP contribution < -0.4 is 4.74 Å². The molecule has 0 aromatic heterocycles. The van der Waals surface area contributed by atoms with Gasteiger partial charge >= 0.3 is 5.97 Å². The Morgan fingerprint density at radius 1 is 0.676 bits per heavy atom. The molecule has 1 saturated carbocycles. The average Bonchev–Trinajstić information content (AvgIpc) is 2.91. The first-order valence-corrected chi connectivity index (χ1v) is 11.7. The second-order valence-corrected chi connectivity index (χ2v) is 8.55. The Bertz CT molecular complexity index is 1110. The summed E-state index contributed by atoms with van der Waals surface area (Å²) in [5.74, 6) is 0.0605. The van der Waals surface area contributed by atoms with Crippen molar-refractivity contribution in [2.24, 2.45) is 0 Å². The number of ketones is 2. The van der Waals surface area contributed by atoms with Crippen LogP contribution in [0.15, 0.2) is 78.9 Å². The summed E-state index contributed by atoms with van der Waals surface area (Å²) in [5.41, 5.74) is 2.94. The van der Waals surface area contributed by atoms with Gasteiger partial charge in [0.05, 0.1) is 0 Å². The van der Waals surface area contributed by atoms with Gasteiger partial charge in [0, 0.05) is 16.7 Å². The second-order valence-electron chi connectivity index (χ2n) is 8.55. The summed E-state index contributed by atoms with van der Waals surface area (Å²) in [6.07, 6.45) is 6.24. The highest BCUT2D eigenvalue weighted by molar-refractivity contribution is 6.09. The molecule has 0 radical (unpaired) electrons. The molecule has 0 unspecified atom stereocenters. The molecule has 174 valence electrons. The number of carbonyl (C=O) groups is 3. The van der Waals surface area contributed by atoms with Crippen molar-refractivity contribution in [3.8, 4) is 5.75 Å². The van der Waals surface area contributed by atoms with Gasteiger partial charge in [-0.25, -0.2) is 4.79 Å². The number of benzene rings is 3. The summed E-state index contributed by atoms with van der Waals surface area (Å²) >= 11 is 0. The summed E-state index contributed by atoms with van der Waals surface area (Å²) in [4.78, 5) is 36.8. The van der Waals surface area contributed by atoms with Crippen LogP contribution in [-0.2, 0) is 9.53 Å². The fourth-order valence-corrected chi connectivity index (χ4v) is 4.25. The normalized spacial score (nSPS) is 13.8. The number of ether oxygens (including phenoxy) is 2. The molecular formula is C29H28O5. The lowest BCUT2D eigenvalue weighted by atomic mass is 9.84. The minimum absolute atomic E-state index is 0.0863. The number of carbonyl (C=O) groups excluding carboxylic acids is 3. The van der Waals surface area contributed by atoms with Gasteiger partial charge in [0.2, 0.25) is 0 Å². The Morgan fingerprint density at radius 2 is 1.29 bits per heavy atom. The zero-order valence-electron chi connectivity index (χ0n) is 19.1. The largest absolute Gasteiger partial charge is 0.482 e. The molecule has 0 atom stereocenters. The van der Waals surface area contributed by atoms with E-state index in [0.717, 1.165) is 0 Å². The van der Waals surface area contributed by atoms with Crippen molar-refractivity contribution in [3.63, 3.8) is 0 Å². The first-order valence-electron chi connectivity index (χ1n) is 11.7. The van der Waals surface area contributed by atoms with Crippen LogP contribution in [0.4, 0.5) is 0 Å². The van der Waals surface area contributed by atoms with Crippen LogP contribution in [0.2, 0.25) is 0 Å². The summed E-state index contributed by atoms with van der Waals surface area (Å²) < 4.78 is 10.5. The van der Waals surface area contributed by atoms with Crippen molar-refractivity contribution in [2.45, 2.75) is 38.0 Å². The van der Waals surface area contributed by atoms with E-state index >= 15 is 0 Å². The van der Waals surface area contributed by atoms with Crippen LogP contribution in [0, 0.1) is 0 Å². The molecule has 3 aromatic carbocycles. The molecule has 3 aromatic rings. The molecule has 0 spiro atoms. The predicted octanol–water partition coefficient (Wildman–Crippen LogP) is 5.77. The maximum atomic E-state index is 12.4. The van der Waals surface area contributed by atoms with Crippen molar-refractivity contribution in [2.75, 3.05) is 13.2 Å². The second kappa shape index (κ2) is 11.4. The van der Waals surface area contributed by atoms with Crippen LogP contribution in [-0.4, -0.2) is 30.7 Å². The summed E-state index contributed by atoms with van der Waals surface area (Å²) in [6, 6.07) is 23.2.